The highest BCUT2D eigenvalue weighted by atomic mass is 31.1. The van der Waals surface area contributed by atoms with Crippen LogP contribution in [-0.2, 0) is 9.36 Å². The molecule has 0 aromatic heterocycles. The summed E-state index contributed by atoms with van der Waals surface area (Å²) in [7, 11) is -2.87. The first-order chi connectivity index (χ1) is 6.11. The number of carboxylic acid groups (broad SMARTS) is 1. The lowest BCUT2D eigenvalue weighted by molar-refractivity contribution is -0.132. The molecule has 0 aromatic rings. The third-order valence-electron chi connectivity index (χ3n) is 0.365. The molecule has 14 heavy (non-hydrogen) atoms. The first kappa shape index (κ1) is 18.3. The number of carbonyl (C=O) groups excluding carboxylic acids is 1. The zero-order chi connectivity index (χ0) is 12.3. The third-order valence-corrected chi connectivity index (χ3v) is 0.365. The number of rotatable bonds is 1. The molecule has 0 aliphatic carbocycles. The summed E-state index contributed by atoms with van der Waals surface area (Å²) in [5.74, 6) is -0.935. The number of hydrogen-bond donors (Lipinski definition) is 5. The van der Waals surface area contributed by atoms with Crippen molar-refractivity contribution in [3.05, 3.63) is 12.2 Å². The molecule has 2 amide bonds. The molecule has 0 atom stereocenters. The third kappa shape index (κ3) is 152. The van der Waals surface area contributed by atoms with E-state index in [1.54, 1.807) is 0 Å². The minimum atomic E-state index is -2.87. The Morgan fingerprint density at radius 1 is 1.29 bits per heavy atom. The first-order valence-corrected chi connectivity index (χ1v) is 4.06. The molecule has 0 aliphatic heterocycles. The molecule has 0 saturated carbocycles. The topological polar surface area (TPSA) is 164 Å². The van der Waals surface area contributed by atoms with Gasteiger partial charge in [0.1, 0.15) is 0 Å². The molecule has 0 radical (unpaired) electrons. The van der Waals surface area contributed by atoms with Crippen molar-refractivity contribution in [1.29, 1.82) is 0 Å². The number of primary amides is 2. The highest BCUT2D eigenvalue weighted by Crippen LogP contribution is 1.98. The number of hydrogen-bond acceptors (Lipinski definition) is 3. The van der Waals surface area contributed by atoms with Crippen molar-refractivity contribution in [3.63, 3.8) is 0 Å². The van der Waals surface area contributed by atoms with E-state index in [2.05, 4.69) is 18.0 Å². The molecule has 9 heteroatoms. The lowest BCUT2D eigenvalue weighted by Gasteiger charge is -1.79. The van der Waals surface area contributed by atoms with Gasteiger partial charge < -0.3 is 16.6 Å². The van der Waals surface area contributed by atoms with Gasteiger partial charge in [0, 0.05) is 10.1 Å². The van der Waals surface area contributed by atoms with Crippen molar-refractivity contribution in [2.24, 2.45) is 11.5 Å². The molecule has 7 N–H and O–H groups in total. The molecule has 0 spiro atoms. The molecule has 0 bridgehead atoms. The van der Waals surface area contributed by atoms with Crippen molar-refractivity contribution >= 4 is 20.3 Å². The van der Waals surface area contributed by atoms with Crippen LogP contribution in [0.1, 0.15) is 6.92 Å². The molecule has 0 aliphatic rings. The SMILES string of the molecule is C=C(C)C(=O)O.NC(N)=O.O=[P+](O)O. The Kier molecular flexibility index (Phi) is 15.0. The second-order valence-corrected chi connectivity index (χ2v) is 2.25. The smallest absolute Gasteiger partial charge is 0.478 e. The zero-order valence-corrected chi connectivity index (χ0v) is 8.27. The van der Waals surface area contributed by atoms with Crippen LogP contribution in [0, 0.1) is 0 Å². The lowest BCUT2D eigenvalue weighted by Crippen LogP contribution is -2.18. The van der Waals surface area contributed by atoms with E-state index in [1.807, 2.05) is 0 Å². The van der Waals surface area contributed by atoms with E-state index >= 15 is 0 Å². The zero-order valence-electron chi connectivity index (χ0n) is 7.38. The summed E-state index contributed by atoms with van der Waals surface area (Å²) in [5.41, 5.74) is 8.68. The van der Waals surface area contributed by atoms with Crippen LogP contribution >= 0.6 is 8.25 Å². The number of carbonyl (C=O) groups is 2. The van der Waals surface area contributed by atoms with Gasteiger partial charge in [-0.15, -0.1) is 9.79 Å². The first-order valence-electron chi connectivity index (χ1n) is 2.90. The average Bonchev–Trinajstić information content (AvgIpc) is 1.83. The summed E-state index contributed by atoms with van der Waals surface area (Å²) in [6, 6.07) is -0.833. The van der Waals surface area contributed by atoms with Gasteiger partial charge in [0.15, 0.2) is 0 Å². The summed E-state index contributed by atoms with van der Waals surface area (Å²) in [6.07, 6.45) is 0. The fraction of sp³-hybridized carbons (Fsp3) is 0.200. The molecule has 82 valence electrons. The maximum Gasteiger partial charge on any atom is 0.692 e. The van der Waals surface area contributed by atoms with Crippen molar-refractivity contribution < 1.29 is 29.0 Å². The second kappa shape index (κ2) is 11.5. The van der Waals surface area contributed by atoms with Gasteiger partial charge in [0.25, 0.3) is 0 Å². The second-order valence-electron chi connectivity index (χ2n) is 1.74. The van der Waals surface area contributed by atoms with Crippen molar-refractivity contribution in [3.8, 4) is 0 Å². The van der Waals surface area contributed by atoms with E-state index in [1.165, 1.54) is 6.92 Å². The summed E-state index contributed by atoms with van der Waals surface area (Å²) in [4.78, 5) is 32.8. The van der Waals surface area contributed by atoms with Gasteiger partial charge in [-0.2, -0.15) is 0 Å². The molecule has 0 heterocycles. The molecular formula is C5H12N2O6P+. The maximum absolute atomic E-state index is 9.60. The van der Waals surface area contributed by atoms with Crippen molar-refractivity contribution in [2.75, 3.05) is 0 Å². The molecule has 0 fully saturated rings. The van der Waals surface area contributed by atoms with Gasteiger partial charge in [-0.05, 0) is 6.92 Å². The van der Waals surface area contributed by atoms with Crippen LogP contribution in [0.2, 0.25) is 0 Å². The minimum Gasteiger partial charge on any atom is -0.478 e. The summed E-state index contributed by atoms with van der Waals surface area (Å²) in [6.45, 7) is 4.60. The molecule has 0 aromatic carbocycles. The van der Waals surface area contributed by atoms with Gasteiger partial charge in [-0.25, -0.2) is 9.59 Å². The van der Waals surface area contributed by atoms with Crippen LogP contribution in [0.4, 0.5) is 4.79 Å². The molecule has 0 rings (SSSR count). The van der Waals surface area contributed by atoms with E-state index < -0.39 is 20.3 Å². The quantitative estimate of drug-likeness (QED) is 0.293. The van der Waals surface area contributed by atoms with Gasteiger partial charge in [0.2, 0.25) is 0 Å². The molecule has 0 saturated heterocycles. The van der Waals surface area contributed by atoms with Crippen molar-refractivity contribution in [1.82, 2.24) is 0 Å². The number of aliphatic carboxylic acids is 1. The van der Waals surface area contributed by atoms with Gasteiger partial charge >= 0.3 is 20.3 Å². The van der Waals surface area contributed by atoms with Crippen LogP contribution in [0.5, 0.6) is 0 Å². The maximum atomic E-state index is 9.60. The Balaban J connectivity index is -0.000000135. The Morgan fingerprint density at radius 2 is 1.36 bits per heavy atom. The number of nitrogens with two attached hydrogens (primary N) is 2. The Hall–Kier alpha value is -1.50. The lowest BCUT2D eigenvalue weighted by atomic mass is 10.4. The van der Waals surface area contributed by atoms with Gasteiger partial charge in [0.05, 0.1) is 0 Å². The average molecular weight is 227 g/mol. The number of amides is 2. The summed E-state index contributed by atoms with van der Waals surface area (Å²) >= 11 is 0. The molecule has 0 unspecified atom stereocenters. The van der Waals surface area contributed by atoms with E-state index in [4.69, 9.17) is 24.3 Å². The van der Waals surface area contributed by atoms with E-state index in [0.29, 0.717) is 0 Å². The van der Waals surface area contributed by atoms with Crippen molar-refractivity contribution in [2.45, 2.75) is 6.92 Å². The van der Waals surface area contributed by atoms with Crippen LogP contribution < -0.4 is 11.5 Å². The Labute approximate surface area is 80.8 Å². The molecule has 8 nitrogen and oxygen atoms in total. The Morgan fingerprint density at radius 3 is 1.36 bits per heavy atom. The highest BCUT2D eigenvalue weighted by molar-refractivity contribution is 7.30. The van der Waals surface area contributed by atoms with Crippen LogP contribution in [0.3, 0.4) is 0 Å². The van der Waals surface area contributed by atoms with Gasteiger partial charge in [-0.1, -0.05) is 6.58 Å². The Bertz CT molecular complexity index is 196. The highest BCUT2D eigenvalue weighted by Gasteiger charge is 1.93. The number of carboxylic acids is 1. The standard InChI is InChI=1S/C4H6O2.CH4N2O.HO3P/c1-3(2)4(5)6;2-1(3)4;1-4(2)3/h1H2,2H3,(H,5,6);(H4,2,3,4);(H-,1,2,3)/p+1. The van der Waals surface area contributed by atoms with Crippen LogP contribution in [-0.4, -0.2) is 26.9 Å². The summed E-state index contributed by atoms with van der Waals surface area (Å²) < 4.78 is 8.70. The minimum absolute atomic E-state index is 0.176. The van der Waals surface area contributed by atoms with E-state index in [9.17, 15) is 4.79 Å². The van der Waals surface area contributed by atoms with Gasteiger partial charge in [-0.3, -0.25) is 0 Å². The van der Waals surface area contributed by atoms with Crippen LogP contribution in [0.25, 0.3) is 0 Å². The fourth-order valence-corrected chi connectivity index (χ4v) is 0. The molecular weight excluding hydrogens is 215 g/mol. The monoisotopic (exact) mass is 227 g/mol. The van der Waals surface area contributed by atoms with E-state index in [-0.39, 0.29) is 5.57 Å². The van der Waals surface area contributed by atoms with Crippen LogP contribution in [0.15, 0.2) is 12.2 Å². The largest absolute Gasteiger partial charge is 0.692 e. The number of urea groups is 1. The summed E-state index contributed by atoms with van der Waals surface area (Å²) in [5, 5.41) is 7.89. The predicted octanol–water partition coefficient (Wildman–Crippen LogP) is -0.701. The van der Waals surface area contributed by atoms with E-state index in [0.717, 1.165) is 0 Å². The predicted molar refractivity (Wildman–Crippen MR) is 48.3 cm³/mol. The fourth-order valence-electron chi connectivity index (χ4n) is 0. The normalized spacial score (nSPS) is 6.79.